The van der Waals surface area contributed by atoms with Gasteiger partial charge in [0.25, 0.3) is 0 Å². The van der Waals surface area contributed by atoms with Gasteiger partial charge in [-0.2, -0.15) is 23.8 Å². The highest BCUT2D eigenvalue weighted by Gasteiger charge is 2.36. The van der Waals surface area contributed by atoms with Gasteiger partial charge in [0, 0.05) is 11.5 Å². The van der Waals surface area contributed by atoms with Crippen LogP contribution in [0.5, 0.6) is 5.88 Å². The lowest BCUT2D eigenvalue weighted by atomic mass is 10.2. The van der Waals surface area contributed by atoms with E-state index in [9.17, 15) is 22.2 Å². The first-order chi connectivity index (χ1) is 14.3. The Bertz CT molecular complexity index is 1290. The lowest BCUT2D eigenvalue weighted by Crippen LogP contribution is -2.20. The van der Waals surface area contributed by atoms with Gasteiger partial charge < -0.3 is 17.7 Å². The zero-order chi connectivity index (χ0) is 21.3. The van der Waals surface area contributed by atoms with E-state index in [-0.39, 0.29) is 12.5 Å². The second-order valence-electron chi connectivity index (χ2n) is 6.00. The highest BCUT2D eigenvalue weighted by Crippen LogP contribution is 2.28. The second kappa shape index (κ2) is 7.78. The summed E-state index contributed by atoms with van der Waals surface area (Å²) in [5.74, 6) is -2.13. The fourth-order valence-corrected chi connectivity index (χ4v) is 3.22. The van der Waals surface area contributed by atoms with E-state index >= 15 is 0 Å². The van der Waals surface area contributed by atoms with Crippen LogP contribution in [0.25, 0.3) is 28.1 Å². The smallest absolute Gasteiger partial charge is 0.471 e. The van der Waals surface area contributed by atoms with Crippen LogP contribution in [0.15, 0.2) is 57.4 Å². The van der Waals surface area contributed by atoms with E-state index in [2.05, 4.69) is 14.4 Å². The third-order valence-corrected chi connectivity index (χ3v) is 4.84. The van der Waals surface area contributed by atoms with Crippen LogP contribution in [0.1, 0.15) is 0 Å². The van der Waals surface area contributed by atoms with Crippen molar-refractivity contribution in [3.63, 3.8) is 0 Å². The van der Waals surface area contributed by atoms with Crippen LogP contribution < -0.4 is 4.74 Å². The molecule has 0 N–H and O–H groups in total. The number of ether oxygens (including phenoxy) is 1. The summed E-state index contributed by atoms with van der Waals surface area (Å²) in [6.07, 6.45) is -3.57. The van der Waals surface area contributed by atoms with Crippen LogP contribution in [0, 0.1) is 0 Å². The number of fused-ring (bicyclic) bond motifs is 2. The molecule has 0 spiro atoms. The Morgan fingerprint density at radius 3 is 2.80 bits per heavy atom. The monoisotopic (exact) mass is 437 g/mol. The van der Waals surface area contributed by atoms with E-state index in [4.69, 9.17) is 9.15 Å². The maximum absolute atomic E-state index is 12.1. The summed E-state index contributed by atoms with van der Waals surface area (Å²) in [7, 11) is -2.36. The Morgan fingerprint density at radius 1 is 1.23 bits per heavy atom. The van der Waals surface area contributed by atoms with Crippen LogP contribution in [-0.2, 0) is 19.6 Å². The van der Waals surface area contributed by atoms with Crippen LogP contribution in [0.4, 0.5) is 13.2 Å². The molecule has 0 aliphatic rings. The van der Waals surface area contributed by atoms with Gasteiger partial charge >= 0.3 is 12.1 Å². The summed E-state index contributed by atoms with van der Waals surface area (Å²) in [6, 6.07) is 12.5. The van der Waals surface area contributed by atoms with Gasteiger partial charge in [-0.3, -0.25) is 4.79 Å². The summed E-state index contributed by atoms with van der Waals surface area (Å²) in [5.41, 5.74) is 1.79. The van der Waals surface area contributed by atoms with Crippen molar-refractivity contribution in [2.75, 3.05) is 12.4 Å². The molecule has 4 rings (SSSR count). The van der Waals surface area contributed by atoms with Crippen molar-refractivity contribution in [3.8, 4) is 17.3 Å². The standard InChI is InChI=1S/C18H12F3N4O4S/c19-18(20,21)17(26)24-30(27)8-7-28-16-6-5-15-22-10-12(25(15)23-16)14-9-11-3-1-2-4-13(11)29-14/h1-6,9-10H,7-8H2/q-1. The van der Waals surface area contributed by atoms with Gasteiger partial charge in [0.05, 0.1) is 12.8 Å². The maximum Gasteiger partial charge on any atom is 0.471 e. The van der Waals surface area contributed by atoms with Gasteiger partial charge in [-0.15, -0.1) is 5.10 Å². The van der Waals surface area contributed by atoms with Gasteiger partial charge in [0.2, 0.25) is 5.88 Å². The largest absolute Gasteiger partial charge is 0.478 e. The molecule has 8 nitrogen and oxygen atoms in total. The van der Waals surface area contributed by atoms with Crippen molar-refractivity contribution in [2.45, 2.75) is 6.18 Å². The molecule has 1 aromatic carbocycles. The summed E-state index contributed by atoms with van der Waals surface area (Å²) in [4.78, 5) is 15.0. The normalized spacial score (nSPS) is 13.2. The molecular weight excluding hydrogens is 425 g/mol. The van der Waals surface area contributed by atoms with Crippen molar-refractivity contribution >= 4 is 33.1 Å². The first kappa shape index (κ1) is 19.9. The summed E-state index contributed by atoms with van der Waals surface area (Å²) < 4.78 is 63.1. The number of rotatable bonds is 5. The van der Waals surface area contributed by atoms with Crippen molar-refractivity contribution in [3.05, 3.63) is 48.7 Å². The number of benzene rings is 1. The number of halogens is 3. The SMILES string of the molecule is O=C(N=[S-](=O)CCOc1ccc2ncc(-c3cc4ccccc4o3)n2n1)C(F)(F)F. The molecule has 0 unspecified atom stereocenters. The predicted molar refractivity (Wildman–Crippen MR) is 100 cm³/mol. The Kier molecular flexibility index (Phi) is 5.16. The molecule has 0 aliphatic carbocycles. The Balaban J connectivity index is 1.51. The fraction of sp³-hybridized carbons (Fsp3) is 0.167. The Hall–Kier alpha value is -3.41. The Morgan fingerprint density at radius 2 is 2.03 bits per heavy atom. The van der Waals surface area contributed by atoms with E-state index in [1.54, 1.807) is 12.3 Å². The van der Waals surface area contributed by atoms with E-state index in [1.807, 2.05) is 30.3 Å². The summed E-state index contributed by atoms with van der Waals surface area (Å²) >= 11 is 0. The number of alkyl halides is 3. The highest BCUT2D eigenvalue weighted by atomic mass is 32.2. The molecule has 0 aliphatic heterocycles. The number of para-hydroxylation sites is 1. The first-order valence-electron chi connectivity index (χ1n) is 8.49. The lowest BCUT2D eigenvalue weighted by Gasteiger charge is -2.08. The average Bonchev–Trinajstić information content (AvgIpc) is 3.30. The minimum Gasteiger partial charge on any atom is -0.478 e. The minimum atomic E-state index is -5.16. The number of aromatic nitrogens is 3. The number of furan rings is 1. The van der Waals surface area contributed by atoms with E-state index in [0.29, 0.717) is 22.7 Å². The highest BCUT2D eigenvalue weighted by molar-refractivity contribution is 7.75. The summed E-state index contributed by atoms with van der Waals surface area (Å²) in [5, 5.41) is 5.19. The molecule has 3 heterocycles. The van der Waals surface area contributed by atoms with Gasteiger partial charge in [-0.1, -0.05) is 24.0 Å². The molecule has 0 saturated carbocycles. The van der Waals surface area contributed by atoms with Crippen molar-refractivity contribution in [1.82, 2.24) is 14.6 Å². The van der Waals surface area contributed by atoms with E-state index < -0.39 is 28.4 Å². The third kappa shape index (κ3) is 4.13. The molecule has 0 fully saturated rings. The van der Waals surface area contributed by atoms with Crippen molar-refractivity contribution in [2.24, 2.45) is 4.36 Å². The number of hydrogen-bond acceptors (Lipinski definition) is 7. The quantitative estimate of drug-likeness (QED) is 0.441. The van der Waals surface area contributed by atoms with Crippen LogP contribution in [-0.4, -0.2) is 39.0 Å². The number of carbonyl (C=O) groups excluding carboxylic acids is 1. The number of carbonyl (C=O) groups is 1. The number of imidazole rings is 1. The molecular formula is C18H12F3N4O4S-. The van der Waals surface area contributed by atoms with Crippen LogP contribution in [0.2, 0.25) is 0 Å². The number of nitrogens with zero attached hydrogens (tertiary/aromatic N) is 4. The zero-order valence-electron chi connectivity index (χ0n) is 15.0. The van der Waals surface area contributed by atoms with Gasteiger partial charge in [-0.25, -0.2) is 9.50 Å². The summed E-state index contributed by atoms with van der Waals surface area (Å²) in [6.45, 7) is -0.256. The lowest BCUT2D eigenvalue weighted by molar-refractivity contribution is -0.169. The van der Waals surface area contributed by atoms with Gasteiger partial charge in [-0.05, 0) is 18.2 Å². The van der Waals surface area contributed by atoms with E-state index in [0.717, 1.165) is 5.39 Å². The van der Waals surface area contributed by atoms with Crippen LogP contribution in [0.3, 0.4) is 0 Å². The molecule has 12 heteroatoms. The van der Waals surface area contributed by atoms with Crippen molar-refractivity contribution < 1.29 is 31.3 Å². The van der Waals surface area contributed by atoms with Crippen molar-refractivity contribution in [1.29, 1.82) is 0 Å². The molecule has 4 aromatic rings. The number of amides is 1. The van der Waals surface area contributed by atoms with Gasteiger partial charge in [0.1, 0.15) is 11.3 Å². The third-order valence-electron chi connectivity index (χ3n) is 3.95. The Labute approximate surface area is 168 Å². The topological polar surface area (TPSA) is 99.1 Å². The number of hydrogen-bond donors (Lipinski definition) is 0. The molecule has 0 radical (unpaired) electrons. The second-order valence-corrected chi connectivity index (χ2v) is 7.24. The zero-order valence-corrected chi connectivity index (χ0v) is 15.8. The molecule has 30 heavy (non-hydrogen) atoms. The molecule has 3 aromatic heterocycles. The van der Waals surface area contributed by atoms with Gasteiger partial charge in [0.15, 0.2) is 11.4 Å². The first-order valence-corrected chi connectivity index (χ1v) is 9.77. The van der Waals surface area contributed by atoms with Crippen LogP contribution >= 0.6 is 0 Å². The molecule has 0 atom stereocenters. The fourth-order valence-electron chi connectivity index (χ4n) is 2.62. The van der Waals surface area contributed by atoms with E-state index in [1.165, 1.54) is 10.6 Å². The average molecular weight is 437 g/mol. The molecule has 0 bridgehead atoms. The molecule has 1 amide bonds. The molecule has 156 valence electrons. The molecule has 0 saturated heterocycles. The maximum atomic E-state index is 12.1. The predicted octanol–water partition coefficient (Wildman–Crippen LogP) is 3.76. The minimum absolute atomic E-state index is 0.122.